The van der Waals surface area contributed by atoms with Crippen LogP contribution < -0.4 is 4.74 Å². The molecule has 1 saturated heterocycles. The molecule has 0 N–H and O–H groups in total. The summed E-state index contributed by atoms with van der Waals surface area (Å²) in [5.74, 6) is -0.442. The molecular weight excluding hydrogens is 505 g/mol. The highest BCUT2D eigenvalue weighted by atomic mass is 32.2. The van der Waals surface area contributed by atoms with Gasteiger partial charge >= 0.3 is 0 Å². The maximum Gasteiger partial charge on any atom is 0.266 e. The molecule has 1 aliphatic heterocycles. The zero-order valence-electron chi connectivity index (χ0n) is 20.3. The Balaban J connectivity index is 1.52. The lowest BCUT2D eigenvalue weighted by Gasteiger charge is -2.14. The summed E-state index contributed by atoms with van der Waals surface area (Å²) in [5, 5.41) is 4.75. The van der Waals surface area contributed by atoms with Gasteiger partial charge in [-0.15, -0.1) is 0 Å². The van der Waals surface area contributed by atoms with Crippen LogP contribution in [0.1, 0.15) is 23.6 Å². The Kier molecular flexibility index (Phi) is 7.21. The number of amides is 1. The van der Waals surface area contributed by atoms with Crippen molar-refractivity contribution in [3.8, 4) is 22.7 Å². The molecule has 5 rings (SSSR count). The average Bonchev–Trinajstić information content (AvgIpc) is 3.43. The maximum absolute atomic E-state index is 14.7. The van der Waals surface area contributed by atoms with Crippen LogP contribution in [0.5, 0.6) is 5.75 Å². The fraction of sp³-hybridized carbons (Fsp3) is 0.138. The maximum atomic E-state index is 14.7. The van der Waals surface area contributed by atoms with E-state index in [1.807, 2.05) is 74.6 Å². The number of carbonyl (C=O) groups is 1. The first kappa shape index (κ1) is 24.9. The number of thiocarbonyl (C=S) groups is 1. The predicted molar refractivity (Wildman–Crippen MR) is 150 cm³/mol. The zero-order valence-corrected chi connectivity index (χ0v) is 22.0. The minimum atomic E-state index is -0.469. The lowest BCUT2D eigenvalue weighted by Crippen LogP contribution is -2.27. The van der Waals surface area contributed by atoms with Gasteiger partial charge in [-0.1, -0.05) is 72.0 Å². The summed E-state index contributed by atoms with van der Waals surface area (Å²) < 4.78 is 22.3. The molecule has 2 heterocycles. The highest BCUT2D eigenvalue weighted by Crippen LogP contribution is 2.36. The first-order valence-electron chi connectivity index (χ1n) is 11.8. The summed E-state index contributed by atoms with van der Waals surface area (Å²) in [7, 11) is 0. The van der Waals surface area contributed by atoms with Crippen LogP contribution in [-0.4, -0.2) is 31.5 Å². The summed E-state index contributed by atoms with van der Waals surface area (Å²) in [5.41, 5.74) is 4.82. The van der Waals surface area contributed by atoms with Gasteiger partial charge in [-0.3, -0.25) is 9.69 Å². The van der Waals surface area contributed by atoms with E-state index in [9.17, 15) is 9.18 Å². The topological polar surface area (TPSA) is 47.4 Å². The van der Waals surface area contributed by atoms with Crippen LogP contribution in [0.3, 0.4) is 0 Å². The van der Waals surface area contributed by atoms with E-state index in [1.54, 1.807) is 27.8 Å². The number of aromatic nitrogens is 2. The molecule has 1 aliphatic rings. The molecule has 3 aromatic carbocycles. The number of nitrogens with zero attached hydrogens (tertiary/aromatic N) is 3. The zero-order chi connectivity index (χ0) is 25.9. The largest absolute Gasteiger partial charge is 0.491 e. The van der Waals surface area contributed by atoms with Crippen molar-refractivity contribution >= 4 is 40.3 Å². The Morgan fingerprint density at radius 2 is 1.84 bits per heavy atom. The molecule has 0 unspecified atom stereocenters. The average molecular weight is 530 g/mol. The molecule has 37 heavy (non-hydrogen) atoms. The van der Waals surface area contributed by atoms with E-state index in [0.29, 0.717) is 39.2 Å². The van der Waals surface area contributed by atoms with E-state index in [1.165, 1.54) is 17.8 Å². The van der Waals surface area contributed by atoms with Crippen molar-refractivity contribution in [3.05, 3.63) is 106 Å². The summed E-state index contributed by atoms with van der Waals surface area (Å²) in [6.07, 6.45) is 3.62. The summed E-state index contributed by atoms with van der Waals surface area (Å²) >= 11 is 6.80. The molecule has 0 radical (unpaired) electrons. The number of hydrogen-bond donors (Lipinski definition) is 0. The van der Waals surface area contributed by atoms with Crippen molar-refractivity contribution in [2.24, 2.45) is 0 Å². The number of halogens is 1. The van der Waals surface area contributed by atoms with E-state index in [4.69, 9.17) is 22.1 Å². The van der Waals surface area contributed by atoms with Gasteiger partial charge in [0.25, 0.3) is 5.91 Å². The lowest BCUT2D eigenvalue weighted by molar-refractivity contribution is -0.122. The number of rotatable bonds is 7. The highest BCUT2D eigenvalue weighted by Gasteiger charge is 2.32. The minimum Gasteiger partial charge on any atom is -0.491 e. The van der Waals surface area contributed by atoms with Crippen molar-refractivity contribution in [2.45, 2.75) is 20.4 Å². The first-order valence-corrected chi connectivity index (χ1v) is 13.0. The third-order valence-corrected chi connectivity index (χ3v) is 7.27. The van der Waals surface area contributed by atoms with Crippen molar-refractivity contribution < 1.29 is 13.9 Å². The van der Waals surface area contributed by atoms with Gasteiger partial charge in [0.05, 0.1) is 23.7 Å². The third kappa shape index (κ3) is 5.35. The van der Waals surface area contributed by atoms with E-state index in [2.05, 4.69) is 0 Å². The van der Waals surface area contributed by atoms with Crippen molar-refractivity contribution in [1.29, 1.82) is 0 Å². The molecule has 8 heteroatoms. The number of para-hydroxylation sites is 1. The highest BCUT2D eigenvalue weighted by molar-refractivity contribution is 8.26. The molecule has 0 spiro atoms. The minimum absolute atomic E-state index is 0.160. The summed E-state index contributed by atoms with van der Waals surface area (Å²) in [6, 6.07) is 22.4. The molecule has 5 nitrogen and oxygen atoms in total. The van der Waals surface area contributed by atoms with Crippen LogP contribution >= 0.6 is 24.0 Å². The molecule has 1 aromatic heterocycles. The number of hydrogen-bond acceptors (Lipinski definition) is 5. The van der Waals surface area contributed by atoms with Crippen LogP contribution in [0.2, 0.25) is 0 Å². The van der Waals surface area contributed by atoms with Gasteiger partial charge < -0.3 is 4.74 Å². The molecule has 4 aromatic rings. The molecule has 0 atom stereocenters. The Labute approximate surface area is 224 Å². The van der Waals surface area contributed by atoms with Crippen molar-refractivity contribution in [3.63, 3.8) is 0 Å². The van der Waals surface area contributed by atoms with Crippen LogP contribution in [0.25, 0.3) is 23.0 Å². The monoisotopic (exact) mass is 529 g/mol. The first-order chi connectivity index (χ1) is 17.9. The van der Waals surface area contributed by atoms with Gasteiger partial charge in [0.2, 0.25) is 0 Å². The second-order valence-electron chi connectivity index (χ2n) is 8.54. The van der Waals surface area contributed by atoms with E-state index < -0.39 is 5.82 Å². The molecule has 186 valence electrons. The van der Waals surface area contributed by atoms with E-state index >= 15 is 0 Å². The number of carbonyl (C=O) groups excluding carboxylic acids is 1. The van der Waals surface area contributed by atoms with Gasteiger partial charge in [-0.2, -0.15) is 5.10 Å². The molecule has 1 amide bonds. The standard InChI is InChI=1S/C29H24FN3O2S2/c1-3-35-25-14-13-21(15-24(25)30)27-22(18-33(31-27)23-7-5-4-6-8-23)16-26-28(34)32(29(36)37-26)17-20-11-9-19(2)10-12-20/h4-16,18H,3,17H2,1-2H3/b26-16-. The number of aryl methyl sites for hydroxylation is 1. The van der Waals surface area contributed by atoms with Crippen molar-refractivity contribution in [2.75, 3.05) is 6.61 Å². The normalized spacial score (nSPS) is 14.6. The van der Waals surface area contributed by atoms with Gasteiger partial charge in [0, 0.05) is 17.3 Å². The third-order valence-electron chi connectivity index (χ3n) is 5.89. The van der Waals surface area contributed by atoms with Gasteiger partial charge in [0.15, 0.2) is 11.6 Å². The number of benzene rings is 3. The predicted octanol–water partition coefficient (Wildman–Crippen LogP) is 6.79. The Bertz CT molecular complexity index is 1500. The van der Waals surface area contributed by atoms with Gasteiger partial charge in [-0.05, 0) is 55.8 Å². The van der Waals surface area contributed by atoms with Crippen LogP contribution in [0, 0.1) is 12.7 Å². The Morgan fingerprint density at radius 3 is 2.54 bits per heavy atom. The molecule has 1 fully saturated rings. The second kappa shape index (κ2) is 10.7. The van der Waals surface area contributed by atoms with Crippen molar-refractivity contribution in [1.82, 2.24) is 14.7 Å². The second-order valence-corrected chi connectivity index (χ2v) is 10.2. The fourth-order valence-corrected chi connectivity index (χ4v) is 5.25. The molecule has 0 saturated carbocycles. The van der Waals surface area contributed by atoms with Crippen LogP contribution in [0.15, 0.2) is 83.9 Å². The smallest absolute Gasteiger partial charge is 0.266 e. The Hall–Kier alpha value is -3.75. The molecule has 0 bridgehead atoms. The SMILES string of the molecule is CCOc1ccc(-c2nn(-c3ccccc3)cc2/C=C2\SC(=S)N(Cc3ccc(C)cc3)C2=O)cc1F. The van der Waals surface area contributed by atoms with E-state index in [0.717, 1.165) is 16.8 Å². The van der Waals surface area contributed by atoms with Gasteiger partial charge in [-0.25, -0.2) is 9.07 Å². The molecule has 0 aliphatic carbocycles. The fourth-order valence-electron chi connectivity index (χ4n) is 4.00. The van der Waals surface area contributed by atoms with E-state index in [-0.39, 0.29) is 11.7 Å². The van der Waals surface area contributed by atoms with Crippen LogP contribution in [0.4, 0.5) is 4.39 Å². The van der Waals surface area contributed by atoms with Crippen LogP contribution in [-0.2, 0) is 11.3 Å². The molecular formula is C29H24FN3O2S2. The summed E-state index contributed by atoms with van der Waals surface area (Å²) in [6.45, 7) is 4.61. The van der Waals surface area contributed by atoms with Gasteiger partial charge in [0.1, 0.15) is 10.0 Å². The quantitative estimate of drug-likeness (QED) is 0.195. The number of thioether (sulfide) groups is 1. The lowest BCUT2D eigenvalue weighted by atomic mass is 10.1. The Morgan fingerprint density at radius 1 is 1.08 bits per heavy atom. The number of ether oxygens (including phenoxy) is 1. The summed E-state index contributed by atoms with van der Waals surface area (Å²) in [4.78, 5) is 15.4.